The fraction of sp³-hybridized carbons (Fsp3) is 0.143. The molecule has 0 saturated heterocycles. The van der Waals surface area contributed by atoms with Crippen molar-refractivity contribution in [3.8, 4) is 0 Å². The molecule has 11 heavy (non-hydrogen) atoms. The van der Waals surface area contributed by atoms with Crippen molar-refractivity contribution in [1.82, 2.24) is 14.5 Å². The van der Waals surface area contributed by atoms with Crippen molar-refractivity contribution in [2.24, 2.45) is 7.05 Å². The number of rotatable bonds is 0. The Morgan fingerprint density at radius 2 is 2.36 bits per heavy atom. The van der Waals surface area contributed by atoms with Crippen molar-refractivity contribution in [2.75, 3.05) is 0 Å². The van der Waals surface area contributed by atoms with Gasteiger partial charge < -0.3 is 4.57 Å². The Bertz CT molecular complexity index is 357. The molecule has 0 fully saturated rings. The summed E-state index contributed by atoms with van der Waals surface area (Å²) in [5.41, 5.74) is 0.623. The van der Waals surface area contributed by atoms with Gasteiger partial charge in [-0.3, -0.25) is 0 Å². The highest BCUT2D eigenvalue weighted by Crippen LogP contribution is 2.14. The lowest BCUT2D eigenvalue weighted by molar-refractivity contribution is 0.633. The van der Waals surface area contributed by atoms with Crippen molar-refractivity contribution in [1.29, 1.82) is 0 Å². The van der Waals surface area contributed by atoms with Gasteiger partial charge in [0.05, 0.1) is 5.39 Å². The summed E-state index contributed by atoms with van der Waals surface area (Å²) in [7, 11) is 1.75. The molecule has 0 amide bonds. The molecule has 0 aliphatic rings. The molecule has 0 saturated carbocycles. The van der Waals surface area contributed by atoms with Gasteiger partial charge >= 0.3 is 0 Å². The zero-order chi connectivity index (χ0) is 7.84. The molecule has 2 aromatic rings. The predicted molar refractivity (Wildman–Crippen MR) is 38.5 cm³/mol. The summed E-state index contributed by atoms with van der Waals surface area (Å²) in [6.45, 7) is 0. The standard InChI is InChI=1S/C7H6FN3/c1-11-3-6(8)5-2-9-4-10-7(5)11/h2-4H,1H3. The van der Waals surface area contributed by atoms with E-state index in [1.165, 1.54) is 18.7 Å². The summed E-state index contributed by atoms with van der Waals surface area (Å²) in [4.78, 5) is 7.64. The molecule has 56 valence electrons. The maximum absolute atomic E-state index is 12.9. The lowest BCUT2D eigenvalue weighted by atomic mass is 10.4. The SMILES string of the molecule is Cn1cc(F)c2cncnc21. The quantitative estimate of drug-likeness (QED) is 0.564. The Labute approximate surface area is 62.5 Å². The van der Waals surface area contributed by atoms with E-state index in [0.29, 0.717) is 11.0 Å². The Balaban J connectivity index is 2.95. The van der Waals surface area contributed by atoms with Crippen LogP contribution in [0.1, 0.15) is 0 Å². The van der Waals surface area contributed by atoms with Crippen molar-refractivity contribution in [2.45, 2.75) is 0 Å². The molecule has 0 N–H and O–H groups in total. The lowest BCUT2D eigenvalue weighted by Crippen LogP contribution is -1.86. The van der Waals surface area contributed by atoms with E-state index in [4.69, 9.17) is 0 Å². The van der Waals surface area contributed by atoms with Crippen molar-refractivity contribution >= 4 is 11.0 Å². The molecular formula is C7H6FN3. The first-order valence-corrected chi connectivity index (χ1v) is 3.19. The van der Waals surface area contributed by atoms with Crippen molar-refractivity contribution < 1.29 is 4.39 Å². The fourth-order valence-electron chi connectivity index (χ4n) is 1.07. The van der Waals surface area contributed by atoms with E-state index in [2.05, 4.69) is 9.97 Å². The first-order chi connectivity index (χ1) is 5.29. The van der Waals surface area contributed by atoms with Gasteiger partial charge in [-0.1, -0.05) is 0 Å². The number of halogens is 1. The van der Waals surface area contributed by atoms with Crippen LogP contribution >= 0.6 is 0 Å². The molecule has 0 radical (unpaired) electrons. The van der Waals surface area contributed by atoms with Gasteiger partial charge in [0.25, 0.3) is 0 Å². The van der Waals surface area contributed by atoms with Gasteiger partial charge in [0.2, 0.25) is 0 Å². The van der Waals surface area contributed by atoms with Gasteiger partial charge in [-0.15, -0.1) is 0 Å². The van der Waals surface area contributed by atoms with Crippen molar-refractivity contribution in [3.63, 3.8) is 0 Å². The minimum Gasteiger partial charge on any atom is -0.332 e. The fourth-order valence-corrected chi connectivity index (χ4v) is 1.07. The molecule has 3 nitrogen and oxygen atoms in total. The van der Waals surface area contributed by atoms with Gasteiger partial charge in [0, 0.05) is 19.4 Å². The molecule has 0 unspecified atom stereocenters. The summed E-state index contributed by atoms with van der Waals surface area (Å²) in [6.07, 6.45) is 4.26. The van der Waals surface area contributed by atoms with Gasteiger partial charge in [-0.2, -0.15) is 0 Å². The number of nitrogens with zero attached hydrogens (tertiary/aromatic N) is 3. The number of hydrogen-bond acceptors (Lipinski definition) is 2. The number of fused-ring (bicyclic) bond motifs is 1. The van der Waals surface area contributed by atoms with Crippen LogP contribution < -0.4 is 0 Å². The Morgan fingerprint density at radius 1 is 1.55 bits per heavy atom. The van der Waals surface area contributed by atoms with Crippen LogP contribution in [0.2, 0.25) is 0 Å². The second kappa shape index (κ2) is 2.02. The van der Waals surface area contributed by atoms with Crippen LogP contribution in [0.25, 0.3) is 11.0 Å². The maximum atomic E-state index is 12.9. The lowest BCUT2D eigenvalue weighted by Gasteiger charge is -1.90. The zero-order valence-corrected chi connectivity index (χ0v) is 5.95. The summed E-state index contributed by atoms with van der Waals surface area (Å²) in [5, 5.41) is 0.468. The molecule has 2 rings (SSSR count). The van der Waals surface area contributed by atoms with Crippen LogP contribution in [0.4, 0.5) is 4.39 Å². The van der Waals surface area contributed by atoms with Crippen molar-refractivity contribution in [3.05, 3.63) is 24.5 Å². The van der Waals surface area contributed by atoms with Crippen LogP contribution in [0, 0.1) is 5.82 Å². The summed E-state index contributed by atoms with van der Waals surface area (Å²) in [5.74, 6) is -0.275. The third-order valence-corrected chi connectivity index (χ3v) is 1.59. The topological polar surface area (TPSA) is 30.7 Å². The van der Waals surface area contributed by atoms with E-state index < -0.39 is 0 Å². The monoisotopic (exact) mass is 151 g/mol. The summed E-state index contributed by atoms with van der Waals surface area (Å²) < 4.78 is 14.5. The second-order valence-electron chi connectivity index (χ2n) is 2.35. The van der Waals surface area contributed by atoms with Crippen LogP contribution in [-0.4, -0.2) is 14.5 Å². The summed E-state index contributed by atoms with van der Waals surface area (Å²) in [6, 6.07) is 0. The average molecular weight is 151 g/mol. The largest absolute Gasteiger partial charge is 0.332 e. The van der Waals surface area contributed by atoms with E-state index in [9.17, 15) is 4.39 Å². The third kappa shape index (κ3) is 0.790. The van der Waals surface area contributed by atoms with Crippen LogP contribution in [0.5, 0.6) is 0 Å². The number of aromatic nitrogens is 3. The van der Waals surface area contributed by atoms with E-state index in [1.807, 2.05) is 0 Å². The molecule has 0 aliphatic carbocycles. The second-order valence-corrected chi connectivity index (χ2v) is 2.35. The smallest absolute Gasteiger partial charge is 0.151 e. The van der Waals surface area contributed by atoms with Crippen LogP contribution in [0.3, 0.4) is 0 Å². The molecule has 4 heteroatoms. The Hall–Kier alpha value is -1.45. The van der Waals surface area contributed by atoms with Gasteiger partial charge in [0.15, 0.2) is 5.82 Å². The highest BCUT2D eigenvalue weighted by molar-refractivity contribution is 5.75. The normalized spacial score (nSPS) is 10.7. The van der Waals surface area contributed by atoms with Crippen LogP contribution in [0.15, 0.2) is 18.7 Å². The number of aryl methyl sites for hydroxylation is 1. The first kappa shape index (κ1) is 6.27. The molecule has 2 aromatic heterocycles. The van der Waals surface area contributed by atoms with E-state index >= 15 is 0 Å². The van der Waals surface area contributed by atoms with Gasteiger partial charge in [-0.05, 0) is 0 Å². The highest BCUT2D eigenvalue weighted by Gasteiger charge is 2.04. The van der Waals surface area contributed by atoms with E-state index in [0.717, 1.165) is 0 Å². The molecule has 2 heterocycles. The van der Waals surface area contributed by atoms with E-state index in [-0.39, 0.29) is 5.82 Å². The molecule has 0 bridgehead atoms. The van der Waals surface area contributed by atoms with Gasteiger partial charge in [0.1, 0.15) is 12.0 Å². The zero-order valence-electron chi connectivity index (χ0n) is 5.95. The molecule has 0 aliphatic heterocycles. The first-order valence-electron chi connectivity index (χ1n) is 3.19. The Morgan fingerprint density at radius 3 is 3.09 bits per heavy atom. The van der Waals surface area contributed by atoms with E-state index in [1.54, 1.807) is 11.6 Å². The van der Waals surface area contributed by atoms with Crippen LogP contribution in [-0.2, 0) is 7.05 Å². The third-order valence-electron chi connectivity index (χ3n) is 1.59. The summed E-state index contributed by atoms with van der Waals surface area (Å²) >= 11 is 0. The van der Waals surface area contributed by atoms with Gasteiger partial charge in [-0.25, -0.2) is 14.4 Å². The minimum atomic E-state index is -0.275. The molecule has 0 aromatic carbocycles. The molecular weight excluding hydrogens is 145 g/mol. The maximum Gasteiger partial charge on any atom is 0.151 e. The molecule has 0 spiro atoms. The minimum absolute atomic E-state index is 0.275. The highest BCUT2D eigenvalue weighted by atomic mass is 19.1. The average Bonchev–Trinajstić information content (AvgIpc) is 2.30. The predicted octanol–water partition coefficient (Wildman–Crippen LogP) is 1.11. The number of hydrogen-bond donors (Lipinski definition) is 0. The molecule has 0 atom stereocenters. The Kier molecular flexibility index (Phi) is 1.15.